The molecule has 21 heavy (non-hydrogen) atoms. The summed E-state index contributed by atoms with van der Waals surface area (Å²) >= 11 is 0. The van der Waals surface area contributed by atoms with Crippen molar-refractivity contribution in [1.29, 1.82) is 0 Å². The molecule has 1 heterocycles. The lowest BCUT2D eigenvalue weighted by atomic mass is 10.0. The van der Waals surface area contributed by atoms with E-state index in [-0.39, 0.29) is 18.6 Å². The number of anilines is 1. The van der Waals surface area contributed by atoms with E-state index in [0.29, 0.717) is 13.0 Å². The second-order valence-corrected chi connectivity index (χ2v) is 5.81. The van der Waals surface area contributed by atoms with Crippen molar-refractivity contribution in [3.05, 3.63) is 29.3 Å². The number of carbonyl (C=O) groups excluding carboxylic acids is 1. The second-order valence-electron chi connectivity index (χ2n) is 5.81. The molecule has 0 bridgehead atoms. The fraction of sp³-hybridized carbons (Fsp3) is 0.588. The summed E-state index contributed by atoms with van der Waals surface area (Å²) in [4.78, 5) is 14.8. The van der Waals surface area contributed by atoms with Crippen molar-refractivity contribution >= 4 is 11.6 Å². The van der Waals surface area contributed by atoms with Gasteiger partial charge in [0.15, 0.2) is 0 Å². The molecule has 0 aromatic heterocycles. The molecule has 4 heteroatoms. The molecule has 0 aliphatic carbocycles. The topological polar surface area (TPSA) is 52.6 Å². The highest BCUT2D eigenvalue weighted by Gasteiger charge is 2.27. The molecular formula is C17H26N2O2. The van der Waals surface area contributed by atoms with E-state index in [9.17, 15) is 4.79 Å². The highest BCUT2D eigenvalue weighted by Crippen LogP contribution is 2.26. The molecule has 0 radical (unpaired) electrons. The lowest BCUT2D eigenvalue weighted by Gasteiger charge is -2.32. The van der Waals surface area contributed by atoms with Crippen LogP contribution in [0.4, 0.5) is 5.69 Å². The van der Waals surface area contributed by atoms with Crippen LogP contribution in [0.25, 0.3) is 0 Å². The number of carbonyl (C=O) groups is 1. The van der Waals surface area contributed by atoms with Gasteiger partial charge in [-0.3, -0.25) is 4.79 Å². The minimum Gasteiger partial charge on any atom is -0.396 e. The van der Waals surface area contributed by atoms with Gasteiger partial charge in [-0.05, 0) is 50.8 Å². The van der Waals surface area contributed by atoms with Crippen LogP contribution in [0.5, 0.6) is 0 Å². The Morgan fingerprint density at radius 2 is 2.05 bits per heavy atom. The van der Waals surface area contributed by atoms with Gasteiger partial charge in [0.05, 0.1) is 6.04 Å². The maximum absolute atomic E-state index is 12.9. The van der Waals surface area contributed by atoms with Crippen LogP contribution < -0.4 is 10.2 Å². The van der Waals surface area contributed by atoms with Crippen molar-refractivity contribution in [2.45, 2.75) is 45.6 Å². The minimum atomic E-state index is -0.0866. The summed E-state index contributed by atoms with van der Waals surface area (Å²) in [5.41, 5.74) is 3.22. The van der Waals surface area contributed by atoms with Gasteiger partial charge in [-0.25, -0.2) is 0 Å². The normalized spacial score (nSPS) is 18.5. The van der Waals surface area contributed by atoms with Crippen LogP contribution in [-0.4, -0.2) is 36.8 Å². The molecule has 4 nitrogen and oxygen atoms in total. The third-order valence-electron chi connectivity index (χ3n) is 4.12. The molecule has 1 aromatic rings. The number of hydrogen-bond acceptors (Lipinski definition) is 3. The van der Waals surface area contributed by atoms with Gasteiger partial charge in [-0.15, -0.1) is 0 Å². The molecule has 2 rings (SSSR count). The number of amides is 1. The Morgan fingerprint density at radius 3 is 2.62 bits per heavy atom. The predicted octanol–water partition coefficient (Wildman–Crippen LogP) is 2.16. The fourth-order valence-corrected chi connectivity index (χ4v) is 3.04. The van der Waals surface area contributed by atoms with E-state index in [1.54, 1.807) is 0 Å². The van der Waals surface area contributed by atoms with Crippen LogP contribution in [0.3, 0.4) is 0 Å². The molecule has 0 spiro atoms. The fourth-order valence-electron chi connectivity index (χ4n) is 3.04. The number of nitrogens with zero attached hydrogens (tertiary/aromatic N) is 1. The monoisotopic (exact) mass is 290 g/mol. The van der Waals surface area contributed by atoms with Crippen molar-refractivity contribution in [3.63, 3.8) is 0 Å². The summed E-state index contributed by atoms with van der Waals surface area (Å²) in [6.45, 7) is 5.66. The first-order valence-corrected chi connectivity index (χ1v) is 7.87. The molecule has 1 aliphatic heterocycles. The lowest BCUT2D eigenvalue weighted by molar-refractivity contribution is -0.121. The molecule has 2 N–H and O–H groups in total. The molecule has 1 aromatic carbocycles. The quantitative estimate of drug-likeness (QED) is 0.874. The third kappa shape index (κ3) is 3.83. The van der Waals surface area contributed by atoms with Gasteiger partial charge in [0.2, 0.25) is 5.91 Å². The van der Waals surface area contributed by atoms with Gasteiger partial charge in [0.1, 0.15) is 0 Å². The summed E-state index contributed by atoms with van der Waals surface area (Å²) in [6, 6.07) is 6.00. The van der Waals surface area contributed by atoms with E-state index in [1.165, 1.54) is 0 Å². The number of hydrogen-bond donors (Lipinski definition) is 2. The zero-order valence-corrected chi connectivity index (χ0v) is 13.1. The van der Waals surface area contributed by atoms with E-state index in [2.05, 4.69) is 5.32 Å². The summed E-state index contributed by atoms with van der Waals surface area (Å²) in [5.74, 6) is 0.139. The number of rotatable bonds is 5. The van der Waals surface area contributed by atoms with Crippen molar-refractivity contribution in [1.82, 2.24) is 5.32 Å². The van der Waals surface area contributed by atoms with Gasteiger partial charge >= 0.3 is 0 Å². The smallest absolute Gasteiger partial charge is 0.244 e. The van der Waals surface area contributed by atoms with Crippen LogP contribution >= 0.6 is 0 Å². The summed E-state index contributed by atoms with van der Waals surface area (Å²) in [7, 11) is 0. The summed E-state index contributed by atoms with van der Waals surface area (Å²) in [5, 5.41) is 12.5. The number of aliphatic hydroxyl groups excluding tert-OH is 1. The zero-order valence-electron chi connectivity index (χ0n) is 13.1. The number of para-hydroxylation sites is 1. The number of nitrogens with one attached hydrogen (secondary N) is 1. The van der Waals surface area contributed by atoms with Gasteiger partial charge in [0, 0.05) is 18.8 Å². The average Bonchev–Trinajstić information content (AvgIpc) is 2.50. The maximum Gasteiger partial charge on any atom is 0.244 e. The van der Waals surface area contributed by atoms with Gasteiger partial charge < -0.3 is 15.3 Å². The molecule has 1 amide bonds. The largest absolute Gasteiger partial charge is 0.396 e. The molecule has 1 saturated heterocycles. The van der Waals surface area contributed by atoms with E-state index in [1.807, 2.05) is 36.9 Å². The van der Waals surface area contributed by atoms with Crippen LogP contribution in [0.1, 0.15) is 36.8 Å². The zero-order chi connectivity index (χ0) is 15.2. The van der Waals surface area contributed by atoms with E-state index in [0.717, 1.165) is 42.6 Å². The highest BCUT2D eigenvalue weighted by atomic mass is 16.3. The molecule has 116 valence electrons. The summed E-state index contributed by atoms with van der Waals surface area (Å²) < 4.78 is 0. The molecule has 1 atom stereocenters. The molecular weight excluding hydrogens is 264 g/mol. The Bertz CT molecular complexity index is 461. The Kier molecular flexibility index (Phi) is 5.76. The van der Waals surface area contributed by atoms with E-state index >= 15 is 0 Å². The number of aryl methyl sites for hydroxylation is 2. The Hall–Kier alpha value is -1.39. The first-order chi connectivity index (χ1) is 10.1. The van der Waals surface area contributed by atoms with Crippen LogP contribution in [0, 0.1) is 13.8 Å². The Balaban J connectivity index is 2.26. The van der Waals surface area contributed by atoms with Crippen molar-refractivity contribution in [2.24, 2.45) is 0 Å². The first kappa shape index (κ1) is 16.0. The Morgan fingerprint density at radius 1 is 1.33 bits per heavy atom. The average molecular weight is 290 g/mol. The highest BCUT2D eigenvalue weighted by molar-refractivity contribution is 5.98. The SMILES string of the molecule is Cc1cccc(C)c1N(CCCO)C(=O)C1CCCCN1. The van der Waals surface area contributed by atoms with E-state index in [4.69, 9.17) is 5.11 Å². The molecule has 1 unspecified atom stereocenters. The predicted molar refractivity (Wildman–Crippen MR) is 85.6 cm³/mol. The van der Waals surface area contributed by atoms with Crippen LogP contribution in [0.15, 0.2) is 18.2 Å². The van der Waals surface area contributed by atoms with Gasteiger partial charge in [0.25, 0.3) is 0 Å². The first-order valence-electron chi connectivity index (χ1n) is 7.87. The van der Waals surface area contributed by atoms with Gasteiger partial charge in [-0.2, -0.15) is 0 Å². The number of benzene rings is 1. The van der Waals surface area contributed by atoms with Gasteiger partial charge in [-0.1, -0.05) is 24.6 Å². The van der Waals surface area contributed by atoms with Crippen molar-refractivity contribution < 1.29 is 9.90 Å². The van der Waals surface area contributed by atoms with Crippen LogP contribution in [-0.2, 0) is 4.79 Å². The van der Waals surface area contributed by atoms with E-state index < -0.39 is 0 Å². The molecule has 1 aliphatic rings. The minimum absolute atomic E-state index is 0.0866. The lowest BCUT2D eigenvalue weighted by Crippen LogP contribution is -2.49. The number of piperidine rings is 1. The van der Waals surface area contributed by atoms with Crippen LogP contribution in [0.2, 0.25) is 0 Å². The van der Waals surface area contributed by atoms with Crippen molar-refractivity contribution in [3.8, 4) is 0 Å². The molecule has 0 saturated carbocycles. The molecule has 1 fully saturated rings. The third-order valence-corrected chi connectivity index (χ3v) is 4.12. The second kappa shape index (κ2) is 7.57. The maximum atomic E-state index is 12.9. The standard InChI is InChI=1S/C17H26N2O2/c1-13-7-5-8-14(2)16(13)19(11-6-12-20)17(21)15-9-3-4-10-18-15/h5,7-8,15,18,20H,3-4,6,9-12H2,1-2H3. The number of aliphatic hydroxyl groups is 1. The van der Waals surface area contributed by atoms with Crippen molar-refractivity contribution in [2.75, 3.05) is 24.6 Å². The Labute approximate surface area is 127 Å². The summed E-state index contributed by atoms with van der Waals surface area (Å²) in [6.07, 6.45) is 3.75.